The van der Waals surface area contributed by atoms with E-state index < -0.39 is 0 Å². The second-order valence-corrected chi connectivity index (χ2v) is 8.73. The molecule has 0 radical (unpaired) electrons. The number of ether oxygens (including phenoxy) is 3. The number of rotatable bonds is 5. The Morgan fingerprint density at radius 1 is 1.03 bits per heavy atom. The number of fused-ring (bicyclic) bond motifs is 1. The van der Waals surface area contributed by atoms with Crippen molar-refractivity contribution in [2.24, 2.45) is 5.10 Å². The molecule has 1 atom stereocenters. The number of methoxy groups -OCH3 is 3. The number of benzene rings is 2. The summed E-state index contributed by atoms with van der Waals surface area (Å²) in [6, 6.07) is 12.0. The molecular weight excluding hydrogens is 432 g/mol. The summed E-state index contributed by atoms with van der Waals surface area (Å²) in [5.74, 6) is 1.30. The Morgan fingerprint density at radius 3 is 2.26 bits per heavy atom. The Kier molecular flexibility index (Phi) is 7.26. The van der Waals surface area contributed by atoms with Gasteiger partial charge in [-0.25, -0.2) is 9.80 Å². The highest BCUT2D eigenvalue weighted by Crippen LogP contribution is 2.35. The molecule has 0 unspecified atom stereocenters. The molecule has 8 nitrogen and oxygen atoms in total. The SMILES string of the molecule is CNC(=O)N1N=C(c2ccc(N3CCC(OC)CC3)cc2)c2cc(OC)c(OC)cc2C[C@H]1C. The van der Waals surface area contributed by atoms with Gasteiger partial charge in [0.1, 0.15) is 0 Å². The average Bonchev–Trinajstić information content (AvgIpc) is 3.03. The fourth-order valence-corrected chi connectivity index (χ4v) is 4.73. The zero-order chi connectivity index (χ0) is 24.2. The molecule has 0 aromatic heterocycles. The predicted octanol–water partition coefficient (Wildman–Crippen LogP) is 3.66. The van der Waals surface area contributed by atoms with Gasteiger partial charge < -0.3 is 24.4 Å². The molecule has 4 rings (SSSR count). The van der Waals surface area contributed by atoms with Crippen molar-refractivity contribution in [3.63, 3.8) is 0 Å². The van der Waals surface area contributed by atoms with Crippen LogP contribution in [0.1, 0.15) is 36.5 Å². The number of amides is 2. The van der Waals surface area contributed by atoms with E-state index in [0.29, 0.717) is 24.0 Å². The number of hydrogen-bond acceptors (Lipinski definition) is 6. The van der Waals surface area contributed by atoms with Crippen LogP contribution in [-0.2, 0) is 11.2 Å². The van der Waals surface area contributed by atoms with Gasteiger partial charge in [-0.1, -0.05) is 12.1 Å². The van der Waals surface area contributed by atoms with E-state index in [1.54, 1.807) is 28.4 Å². The van der Waals surface area contributed by atoms with Crippen molar-refractivity contribution < 1.29 is 19.0 Å². The van der Waals surface area contributed by atoms with Gasteiger partial charge in [0.05, 0.1) is 32.1 Å². The fraction of sp³-hybridized carbons (Fsp3) is 0.462. The average molecular weight is 467 g/mol. The first-order valence-electron chi connectivity index (χ1n) is 11.7. The van der Waals surface area contributed by atoms with Crippen molar-refractivity contribution in [3.8, 4) is 11.5 Å². The van der Waals surface area contributed by atoms with Crippen LogP contribution in [-0.4, -0.2) is 70.4 Å². The van der Waals surface area contributed by atoms with Crippen molar-refractivity contribution in [2.75, 3.05) is 46.4 Å². The number of hydrogen-bond donors (Lipinski definition) is 1. The standard InChI is InChI=1S/C26H34N4O4/c1-17-14-19-15-23(33-4)24(34-5)16-22(19)25(28-30(17)26(31)27-2)18-6-8-20(9-7-18)29-12-10-21(32-3)11-13-29/h6-9,15-17,21H,10-14H2,1-5H3,(H,27,31)/t17-/m1/s1. The van der Waals surface area contributed by atoms with Gasteiger partial charge in [-0.05, 0) is 56.0 Å². The molecule has 2 heterocycles. The molecule has 2 aliphatic rings. The third-order valence-corrected chi connectivity index (χ3v) is 6.71. The van der Waals surface area contributed by atoms with Gasteiger partial charge in [-0.3, -0.25) is 0 Å². The molecular formula is C26H34N4O4. The number of urea groups is 1. The van der Waals surface area contributed by atoms with Crippen LogP contribution >= 0.6 is 0 Å². The van der Waals surface area contributed by atoms with Gasteiger partial charge in [0.15, 0.2) is 11.5 Å². The summed E-state index contributed by atoms with van der Waals surface area (Å²) in [4.78, 5) is 15.0. The van der Waals surface area contributed by atoms with E-state index >= 15 is 0 Å². The van der Waals surface area contributed by atoms with E-state index in [4.69, 9.17) is 19.3 Å². The molecule has 8 heteroatoms. The van der Waals surface area contributed by atoms with Crippen molar-refractivity contribution in [2.45, 2.75) is 38.3 Å². The van der Waals surface area contributed by atoms with Crippen LogP contribution in [0.15, 0.2) is 41.5 Å². The normalized spacial score (nSPS) is 18.6. The molecule has 1 saturated heterocycles. The minimum Gasteiger partial charge on any atom is -0.493 e. The summed E-state index contributed by atoms with van der Waals surface area (Å²) in [5, 5.41) is 9.08. The number of carbonyl (C=O) groups is 1. The minimum absolute atomic E-state index is 0.129. The first kappa shape index (κ1) is 23.9. The lowest BCUT2D eigenvalue weighted by molar-refractivity contribution is 0.0819. The van der Waals surface area contributed by atoms with Crippen LogP contribution < -0.4 is 19.7 Å². The lowest BCUT2D eigenvalue weighted by atomic mass is 9.93. The number of nitrogens with one attached hydrogen (secondary N) is 1. The van der Waals surface area contributed by atoms with Gasteiger partial charge in [-0.15, -0.1) is 0 Å². The summed E-state index contributed by atoms with van der Waals surface area (Å²) in [6.45, 7) is 3.94. The van der Waals surface area contributed by atoms with E-state index in [0.717, 1.165) is 48.3 Å². The molecule has 0 saturated carbocycles. The number of carbonyl (C=O) groups excluding carboxylic acids is 1. The van der Waals surface area contributed by atoms with Crippen LogP contribution in [0.3, 0.4) is 0 Å². The van der Waals surface area contributed by atoms with Gasteiger partial charge in [0, 0.05) is 44.1 Å². The van der Waals surface area contributed by atoms with Crippen LogP contribution in [0, 0.1) is 0 Å². The molecule has 182 valence electrons. The Labute approximate surface area is 201 Å². The topological polar surface area (TPSA) is 75.6 Å². The van der Waals surface area contributed by atoms with E-state index in [1.807, 2.05) is 19.1 Å². The second kappa shape index (κ2) is 10.3. The quantitative estimate of drug-likeness (QED) is 0.728. The zero-order valence-electron chi connectivity index (χ0n) is 20.6. The number of piperidine rings is 1. The van der Waals surface area contributed by atoms with Crippen LogP contribution in [0.2, 0.25) is 0 Å². The van der Waals surface area contributed by atoms with Crippen molar-refractivity contribution in [1.29, 1.82) is 0 Å². The number of nitrogens with zero attached hydrogens (tertiary/aromatic N) is 3. The first-order chi connectivity index (χ1) is 16.5. The molecule has 2 aliphatic heterocycles. The molecule has 2 amide bonds. The highest BCUT2D eigenvalue weighted by atomic mass is 16.5. The Balaban J connectivity index is 1.74. The molecule has 34 heavy (non-hydrogen) atoms. The van der Waals surface area contributed by atoms with Gasteiger partial charge >= 0.3 is 6.03 Å². The van der Waals surface area contributed by atoms with E-state index in [1.165, 1.54) is 10.7 Å². The van der Waals surface area contributed by atoms with E-state index in [9.17, 15) is 4.79 Å². The van der Waals surface area contributed by atoms with Gasteiger partial charge in [-0.2, -0.15) is 5.10 Å². The second-order valence-electron chi connectivity index (χ2n) is 8.73. The third-order valence-electron chi connectivity index (χ3n) is 6.71. The highest BCUT2D eigenvalue weighted by Gasteiger charge is 2.28. The van der Waals surface area contributed by atoms with E-state index in [2.05, 4.69) is 34.5 Å². The largest absolute Gasteiger partial charge is 0.493 e. The molecule has 2 aromatic rings. The van der Waals surface area contributed by atoms with Crippen LogP contribution in [0.4, 0.5) is 10.5 Å². The first-order valence-corrected chi connectivity index (χ1v) is 11.7. The lowest BCUT2D eigenvalue weighted by Gasteiger charge is -2.33. The Hall–Kier alpha value is -3.26. The zero-order valence-corrected chi connectivity index (χ0v) is 20.6. The molecule has 2 aromatic carbocycles. The summed E-state index contributed by atoms with van der Waals surface area (Å²) in [5.41, 5.74) is 4.84. The van der Waals surface area contributed by atoms with Crippen molar-refractivity contribution in [1.82, 2.24) is 10.3 Å². The van der Waals surface area contributed by atoms with Crippen LogP contribution in [0.5, 0.6) is 11.5 Å². The molecule has 0 spiro atoms. The number of anilines is 1. The highest BCUT2D eigenvalue weighted by molar-refractivity contribution is 6.14. The van der Waals surface area contributed by atoms with Crippen LogP contribution in [0.25, 0.3) is 0 Å². The molecule has 0 aliphatic carbocycles. The molecule has 0 bridgehead atoms. The Morgan fingerprint density at radius 2 is 1.68 bits per heavy atom. The summed E-state index contributed by atoms with van der Waals surface area (Å²) in [7, 11) is 6.66. The molecule has 1 fully saturated rings. The van der Waals surface area contributed by atoms with E-state index in [-0.39, 0.29) is 12.1 Å². The molecule has 1 N–H and O–H groups in total. The fourth-order valence-electron chi connectivity index (χ4n) is 4.73. The predicted molar refractivity (Wildman–Crippen MR) is 133 cm³/mol. The summed E-state index contributed by atoms with van der Waals surface area (Å²) < 4.78 is 16.6. The third kappa shape index (κ3) is 4.68. The van der Waals surface area contributed by atoms with Crippen molar-refractivity contribution in [3.05, 3.63) is 53.1 Å². The van der Waals surface area contributed by atoms with Gasteiger partial charge in [0.2, 0.25) is 0 Å². The van der Waals surface area contributed by atoms with Crippen molar-refractivity contribution >= 4 is 17.4 Å². The monoisotopic (exact) mass is 466 g/mol. The smallest absolute Gasteiger partial charge is 0.337 e. The maximum atomic E-state index is 12.7. The minimum atomic E-state index is -0.241. The lowest BCUT2D eigenvalue weighted by Crippen LogP contribution is -2.41. The summed E-state index contributed by atoms with van der Waals surface area (Å²) >= 11 is 0. The maximum Gasteiger partial charge on any atom is 0.337 e. The maximum absolute atomic E-state index is 12.7. The summed E-state index contributed by atoms with van der Waals surface area (Å²) in [6.07, 6.45) is 3.04. The van der Waals surface area contributed by atoms with Gasteiger partial charge in [0.25, 0.3) is 0 Å². The number of hydrazone groups is 1. The Bertz CT molecular complexity index is 1050.